The topological polar surface area (TPSA) is 35.6 Å². The molecule has 2 heterocycles. The van der Waals surface area contributed by atoms with Gasteiger partial charge in [0.05, 0.1) is 6.04 Å². The van der Waals surface area contributed by atoms with E-state index in [0.717, 1.165) is 38.4 Å². The molecule has 1 saturated carbocycles. The summed E-state index contributed by atoms with van der Waals surface area (Å²) < 4.78 is 0. The van der Waals surface area contributed by atoms with Crippen LogP contribution in [0.4, 0.5) is 0 Å². The van der Waals surface area contributed by atoms with Crippen molar-refractivity contribution in [2.24, 2.45) is 11.8 Å². The van der Waals surface area contributed by atoms with Crippen LogP contribution in [0, 0.1) is 11.8 Å². The second-order valence-corrected chi connectivity index (χ2v) is 7.55. The number of carbonyl (C=O) groups is 1. The minimum absolute atomic E-state index is 0.102. The van der Waals surface area contributed by atoms with E-state index >= 15 is 0 Å². The minimum Gasteiger partial charge on any atom is -0.341 e. The molecule has 0 aromatic heterocycles. The van der Waals surface area contributed by atoms with Crippen molar-refractivity contribution in [3.8, 4) is 0 Å². The molecule has 1 aliphatic carbocycles. The van der Waals surface area contributed by atoms with Crippen LogP contribution in [-0.2, 0) is 4.79 Å². The molecule has 4 heteroatoms. The zero-order valence-electron chi connectivity index (χ0n) is 13.8. The lowest BCUT2D eigenvalue weighted by Gasteiger charge is -2.39. The number of likely N-dealkylation sites (tertiary alicyclic amines) is 1. The molecular formula is C17H31N3O. The van der Waals surface area contributed by atoms with Crippen molar-refractivity contribution in [3.63, 3.8) is 0 Å². The summed E-state index contributed by atoms with van der Waals surface area (Å²) in [6.45, 7) is 7.84. The highest BCUT2D eigenvalue weighted by Crippen LogP contribution is 2.38. The molecular weight excluding hydrogens is 262 g/mol. The molecule has 3 aliphatic rings. The highest BCUT2D eigenvalue weighted by Gasteiger charge is 2.44. The first-order chi connectivity index (χ1) is 10.1. The molecule has 1 amide bonds. The summed E-state index contributed by atoms with van der Waals surface area (Å²) in [6.07, 6.45) is 6.13. The summed E-state index contributed by atoms with van der Waals surface area (Å²) in [5.74, 6) is 1.72. The first-order valence-corrected chi connectivity index (χ1v) is 8.82. The summed E-state index contributed by atoms with van der Waals surface area (Å²) in [4.78, 5) is 17.4. The van der Waals surface area contributed by atoms with E-state index in [1.165, 1.54) is 19.3 Å². The standard InChI is InChI=1S/C17H31N3O/c1-12(2)20-9-7-14(8-10-20)19(3)17(21)16-15-6-4-5-13(15)11-18-16/h12-16,18H,4-11H2,1-3H3. The van der Waals surface area contributed by atoms with Crippen LogP contribution in [-0.4, -0.2) is 60.5 Å². The van der Waals surface area contributed by atoms with Crippen molar-refractivity contribution >= 4 is 5.91 Å². The van der Waals surface area contributed by atoms with Gasteiger partial charge < -0.3 is 15.1 Å². The zero-order valence-corrected chi connectivity index (χ0v) is 13.8. The van der Waals surface area contributed by atoms with Crippen molar-refractivity contribution in [2.75, 3.05) is 26.7 Å². The summed E-state index contributed by atoms with van der Waals surface area (Å²) in [5, 5.41) is 3.50. The lowest BCUT2D eigenvalue weighted by atomic mass is 9.92. The molecule has 21 heavy (non-hydrogen) atoms. The third-order valence-corrected chi connectivity index (χ3v) is 6.14. The summed E-state index contributed by atoms with van der Waals surface area (Å²) in [5.41, 5.74) is 0. The van der Waals surface area contributed by atoms with E-state index in [1.54, 1.807) is 0 Å². The molecule has 0 spiro atoms. The van der Waals surface area contributed by atoms with Crippen molar-refractivity contribution in [2.45, 2.75) is 64.1 Å². The van der Waals surface area contributed by atoms with Gasteiger partial charge in [-0.2, -0.15) is 0 Å². The van der Waals surface area contributed by atoms with Gasteiger partial charge in [-0.15, -0.1) is 0 Å². The third-order valence-electron chi connectivity index (χ3n) is 6.14. The average molecular weight is 293 g/mol. The monoisotopic (exact) mass is 293 g/mol. The molecule has 3 rings (SSSR count). The predicted octanol–water partition coefficient (Wildman–Crippen LogP) is 1.71. The third kappa shape index (κ3) is 2.98. The number of amides is 1. The van der Waals surface area contributed by atoms with Gasteiger partial charge in [0.15, 0.2) is 0 Å². The Kier molecular flexibility index (Phi) is 4.55. The maximum atomic E-state index is 12.9. The van der Waals surface area contributed by atoms with E-state index in [4.69, 9.17) is 0 Å². The molecule has 2 aliphatic heterocycles. The van der Waals surface area contributed by atoms with Gasteiger partial charge in [-0.25, -0.2) is 0 Å². The molecule has 120 valence electrons. The van der Waals surface area contributed by atoms with E-state index in [-0.39, 0.29) is 6.04 Å². The molecule has 4 nitrogen and oxygen atoms in total. The fourth-order valence-corrected chi connectivity index (χ4v) is 4.65. The second-order valence-electron chi connectivity index (χ2n) is 7.55. The van der Waals surface area contributed by atoms with Gasteiger partial charge in [-0.05, 0) is 57.9 Å². The smallest absolute Gasteiger partial charge is 0.239 e. The maximum Gasteiger partial charge on any atom is 0.239 e. The quantitative estimate of drug-likeness (QED) is 0.860. The van der Waals surface area contributed by atoms with Gasteiger partial charge in [-0.3, -0.25) is 4.79 Å². The SMILES string of the molecule is CC(C)N1CCC(N(C)C(=O)C2NCC3CCCC32)CC1. The number of rotatable bonds is 3. The summed E-state index contributed by atoms with van der Waals surface area (Å²) in [6, 6.07) is 1.17. The number of hydrogen-bond acceptors (Lipinski definition) is 3. The number of nitrogens with zero attached hydrogens (tertiary/aromatic N) is 2. The van der Waals surface area contributed by atoms with Crippen LogP contribution in [0.25, 0.3) is 0 Å². The van der Waals surface area contributed by atoms with Gasteiger partial charge in [-0.1, -0.05) is 6.42 Å². The van der Waals surface area contributed by atoms with Crippen LogP contribution in [0.1, 0.15) is 46.0 Å². The van der Waals surface area contributed by atoms with E-state index < -0.39 is 0 Å². The number of nitrogens with one attached hydrogen (secondary N) is 1. The Morgan fingerprint density at radius 2 is 1.90 bits per heavy atom. The van der Waals surface area contributed by atoms with Crippen molar-refractivity contribution in [1.82, 2.24) is 15.1 Å². The van der Waals surface area contributed by atoms with Gasteiger partial charge in [0.1, 0.15) is 0 Å². The second kappa shape index (κ2) is 6.25. The van der Waals surface area contributed by atoms with Crippen LogP contribution < -0.4 is 5.32 Å². The molecule has 3 fully saturated rings. The predicted molar refractivity (Wildman–Crippen MR) is 85.1 cm³/mol. The van der Waals surface area contributed by atoms with Gasteiger partial charge in [0.25, 0.3) is 0 Å². The van der Waals surface area contributed by atoms with Gasteiger partial charge in [0, 0.05) is 32.2 Å². The van der Waals surface area contributed by atoms with Crippen LogP contribution in [0.15, 0.2) is 0 Å². The van der Waals surface area contributed by atoms with Crippen molar-refractivity contribution in [1.29, 1.82) is 0 Å². The van der Waals surface area contributed by atoms with Crippen molar-refractivity contribution in [3.05, 3.63) is 0 Å². The van der Waals surface area contributed by atoms with E-state index in [9.17, 15) is 4.79 Å². The summed E-state index contributed by atoms with van der Waals surface area (Å²) >= 11 is 0. The number of carbonyl (C=O) groups excluding carboxylic acids is 1. The molecule has 1 N–H and O–H groups in total. The Hall–Kier alpha value is -0.610. The molecule has 0 aromatic rings. The van der Waals surface area contributed by atoms with Crippen LogP contribution in [0.5, 0.6) is 0 Å². The Morgan fingerprint density at radius 3 is 2.57 bits per heavy atom. The highest BCUT2D eigenvalue weighted by atomic mass is 16.2. The van der Waals surface area contributed by atoms with Crippen LogP contribution in [0.2, 0.25) is 0 Å². The first-order valence-electron chi connectivity index (χ1n) is 8.82. The van der Waals surface area contributed by atoms with Crippen LogP contribution in [0.3, 0.4) is 0 Å². The maximum absolute atomic E-state index is 12.9. The molecule has 2 saturated heterocycles. The van der Waals surface area contributed by atoms with E-state index in [1.807, 2.05) is 7.05 Å². The largest absolute Gasteiger partial charge is 0.341 e. The van der Waals surface area contributed by atoms with Gasteiger partial charge >= 0.3 is 0 Å². The molecule has 0 aromatic carbocycles. The number of likely N-dealkylation sites (N-methyl/N-ethyl adjacent to an activating group) is 1. The van der Waals surface area contributed by atoms with E-state index in [2.05, 4.69) is 29.0 Å². The Morgan fingerprint density at radius 1 is 1.19 bits per heavy atom. The van der Waals surface area contributed by atoms with Crippen LogP contribution >= 0.6 is 0 Å². The molecule has 0 bridgehead atoms. The lowest BCUT2D eigenvalue weighted by Crippen LogP contribution is -2.52. The lowest BCUT2D eigenvalue weighted by molar-refractivity contribution is -0.135. The number of hydrogen-bond donors (Lipinski definition) is 1. The minimum atomic E-state index is 0.102. The number of piperidine rings is 1. The molecule has 3 unspecified atom stereocenters. The van der Waals surface area contributed by atoms with Crippen molar-refractivity contribution < 1.29 is 4.79 Å². The van der Waals surface area contributed by atoms with Gasteiger partial charge in [0.2, 0.25) is 5.91 Å². The normalized spacial score (nSPS) is 34.4. The Balaban J connectivity index is 1.56. The van der Waals surface area contributed by atoms with E-state index in [0.29, 0.717) is 23.9 Å². The Bertz CT molecular complexity index is 376. The zero-order chi connectivity index (χ0) is 15.0. The average Bonchev–Trinajstić information content (AvgIpc) is 3.08. The number of fused-ring (bicyclic) bond motifs is 1. The first kappa shape index (κ1) is 15.3. The fourth-order valence-electron chi connectivity index (χ4n) is 4.65. The molecule has 3 atom stereocenters. The summed E-state index contributed by atoms with van der Waals surface area (Å²) in [7, 11) is 2.03. The highest BCUT2D eigenvalue weighted by molar-refractivity contribution is 5.82. The fraction of sp³-hybridized carbons (Fsp3) is 0.941. The Labute approximate surface area is 129 Å². The molecule has 0 radical (unpaired) electrons.